The van der Waals surface area contributed by atoms with E-state index in [1.807, 2.05) is 6.92 Å². The highest BCUT2D eigenvalue weighted by molar-refractivity contribution is 7.89. The smallest absolute Gasteiger partial charge is 0.243 e. The van der Waals surface area contributed by atoms with Crippen LogP contribution in [0.5, 0.6) is 5.75 Å². The van der Waals surface area contributed by atoms with Crippen molar-refractivity contribution < 1.29 is 17.9 Å². The van der Waals surface area contributed by atoms with E-state index in [1.165, 1.54) is 0 Å². The van der Waals surface area contributed by atoms with Crippen LogP contribution >= 0.6 is 0 Å². The van der Waals surface area contributed by atoms with E-state index in [4.69, 9.17) is 9.47 Å². The Bertz CT molecular complexity index is 621. The lowest BCUT2D eigenvalue weighted by Gasteiger charge is -2.43. The van der Waals surface area contributed by atoms with Crippen LogP contribution in [0.4, 0.5) is 0 Å². The van der Waals surface area contributed by atoms with Crippen molar-refractivity contribution in [3.05, 3.63) is 24.3 Å². The lowest BCUT2D eigenvalue weighted by atomic mass is 10.1. The topological polar surface area (TPSA) is 59.1 Å². The second kappa shape index (κ2) is 8.98. The molecule has 1 fully saturated rings. The molecule has 0 radical (unpaired) electrons. The maximum atomic E-state index is 13.0. The minimum Gasteiger partial charge on any atom is -0.494 e. The number of benzene rings is 1. The third-order valence-corrected chi connectivity index (χ3v) is 6.45. The van der Waals surface area contributed by atoms with Gasteiger partial charge in [-0.25, -0.2) is 8.42 Å². The Morgan fingerprint density at radius 2 is 1.72 bits per heavy atom. The summed E-state index contributed by atoms with van der Waals surface area (Å²) in [5.74, 6) is 0.686. The van der Waals surface area contributed by atoms with Gasteiger partial charge in [0.1, 0.15) is 5.75 Å². The van der Waals surface area contributed by atoms with Crippen LogP contribution in [0.25, 0.3) is 0 Å². The summed E-state index contributed by atoms with van der Waals surface area (Å²) < 4.78 is 38.0. The molecule has 1 saturated heterocycles. The summed E-state index contributed by atoms with van der Waals surface area (Å²) in [6, 6.07) is 7.03. The van der Waals surface area contributed by atoms with Gasteiger partial charge in [0, 0.05) is 45.4 Å². The summed E-state index contributed by atoms with van der Waals surface area (Å²) in [5, 5.41) is 0. The Morgan fingerprint density at radius 3 is 2.24 bits per heavy atom. The number of piperazine rings is 1. The first kappa shape index (κ1) is 20.2. The predicted molar refractivity (Wildman–Crippen MR) is 98.5 cm³/mol. The first-order valence-electron chi connectivity index (χ1n) is 8.87. The first-order chi connectivity index (χ1) is 11.9. The highest BCUT2D eigenvalue weighted by Crippen LogP contribution is 2.24. The van der Waals surface area contributed by atoms with Crippen molar-refractivity contribution in [2.45, 2.75) is 44.2 Å². The molecule has 0 spiro atoms. The molecule has 6 nitrogen and oxygen atoms in total. The van der Waals surface area contributed by atoms with Gasteiger partial charge >= 0.3 is 0 Å². The Hall–Kier alpha value is -1.15. The van der Waals surface area contributed by atoms with Crippen LogP contribution in [-0.4, -0.2) is 69.7 Å². The predicted octanol–water partition coefficient (Wildman–Crippen LogP) is 2.21. The maximum Gasteiger partial charge on any atom is 0.243 e. The van der Waals surface area contributed by atoms with Crippen molar-refractivity contribution in [2.24, 2.45) is 0 Å². The van der Waals surface area contributed by atoms with Gasteiger partial charge in [-0.15, -0.1) is 0 Å². The van der Waals surface area contributed by atoms with Gasteiger partial charge in [0.05, 0.1) is 11.5 Å². The lowest BCUT2D eigenvalue weighted by Crippen LogP contribution is -2.58. The quantitative estimate of drug-likeness (QED) is 0.657. The molecule has 1 heterocycles. The van der Waals surface area contributed by atoms with Crippen LogP contribution < -0.4 is 4.74 Å². The van der Waals surface area contributed by atoms with E-state index in [2.05, 4.69) is 18.7 Å². The fourth-order valence-corrected chi connectivity index (χ4v) is 4.96. The van der Waals surface area contributed by atoms with Gasteiger partial charge in [0.15, 0.2) is 0 Å². The number of methoxy groups -OCH3 is 1. The standard InChI is InChI=1S/C18H30N2O4S/c1-5-24-17-7-9-18(10-8-17)25(21,22)19-13-15(2)20(16(3)14-19)11-6-12-23-4/h7-10,15-16H,5-6,11-14H2,1-4H3. The van der Waals surface area contributed by atoms with Crippen LogP contribution in [0.1, 0.15) is 27.2 Å². The molecule has 2 unspecified atom stereocenters. The molecule has 0 saturated carbocycles. The van der Waals surface area contributed by atoms with Crippen molar-refractivity contribution >= 4 is 10.0 Å². The van der Waals surface area contributed by atoms with Crippen molar-refractivity contribution in [1.82, 2.24) is 9.21 Å². The van der Waals surface area contributed by atoms with E-state index < -0.39 is 10.0 Å². The Labute approximate surface area is 151 Å². The number of sulfonamides is 1. The molecule has 25 heavy (non-hydrogen) atoms. The molecule has 142 valence electrons. The Morgan fingerprint density at radius 1 is 1.12 bits per heavy atom. The average Bonchev–Trinajstić information content (AvgIpc) is 2.58. The molecule has 1 aromatic carbocycles. The lowest BCUT2D eigenvalue weighted by molar-refractivity contribution is 0.0666. The second-order valence-corrected chi connectivity index (χ2v) is 8.45. The molecule has 0 N–H and O–H groups in total. The Balaban J connectivity index is 2.08. The molecule has 2 rings (SSSR count). The molecule has 0 aliphatic carbocycles. The van der Waals surface area contributed by atoms with Crippen molar-refractivity contribution in [1.29, 1.82) is 0 Å². The molecular weight excluding hydrogens is 340 g/mol. The minimum absolute atomic E-state index is 0.179. The summed E-state index contributed by atoms with van der Waals surface area (Å²) in [5.41, 5.74) is 0. The van der Waals surface area contributed by atoms with Crippen LogP contribution in [0.2, 0.25) is 0 Å². The number of rotatable bonds is 8. The van der Waals surface area contributed by atoms with E-state index in [0.29, 0.717) is 30.3 Å². The fraction of sp³-hybridized carbons (Fsp3) is 0.667. The molecule has 0 amide bonds. The third-order valence-electron chi connectivity index (χ3n) is 4.61. The number of ether oxygens (including phenoxy) is 2. The number of hydrogen-bond acceptors (Lipinski definition) is 5. The maximum absolute atomic E-state index is 13.0. The van der Waals surface area contributed by atoms with Gasteiger partial charge < -0.3 is 9.47 Å². The zero-order chi connectivity index (χ0) is 18.4. The van der Waals surface area contributed by atoms with Gasteiger partial charge in [-0.2, -0.15) is 4.31 Å². The van der Waals surface area contributed by atoms with Gasteiger partial charge in [-0.3, -0.25) is 4.90 Å². The Kier molecular flexibility index (Phi) is 7.25. The van der Waals surface area contributed by atoms with E-state index in [9.17, 15) is 8.42 Å². The van der Waals surface area contributed by atoms with Gasteiger partial charge in [0.25, 0.3) is 0 Å². The summed E-state index contributed by atoms with van der Waals surface area (Å²) in [7, 11) is -1.78. The van der Waals surface area contributed by atoms with E-state index in [-0.39, 0.29) is 12.1 Å². The number of nitrogens with zero attached hydrogens (tertiary/aromatic N) is 2. The molecule has 2 atom stereocenters. The van der Waals surface area contributed by atoms with Gasteiger partial charge in [-0.1, -0.05) is 0 Å². The zero-order valence-electron chi connectivity index (χ0n) is 15.6. The molecule has 1 aromatic rings. The second-order valence-electron chi connectivity index (χ2n) is 6.51. The SMILES string of the molecule is CCOc1ccc(S(=O)(=O)N2CC(C)N(CCCOC)C(C)C2)cc1. The minimum atomic E-state index is -3.48. The molecule has 0 bridgehead atoms. The van der Waals surface area contributed by atoms with Crippen molar-refractivity contribution in [3.8, 4) is 5.75 Å². The van der Waals surface area contributed by atoms with Gasteiger partial charge in [0.2, 0.25) is 10.0 Å². The summed E-state index contributed by atoms with van der Waals surface area (Å²) >= 11 is 0. The van der Waals surface area contributed by atoms with Crippen LogP contribution in [0, 0.1) is 0 Å². The molecule has 0 aromatic heterocycles. The van der Waals surface area contributed by atoms with Crippen LogP contribution in [0.3, 0.4) is 0 Å². The van der Waals surface area contributed by atoms with Crippen LogP contribution in [0.15, 0.2) is 29.2 Å². The van der Waals surface area contributed by atoms with E-state index >= 15 is 0 Å². The molecule has 1 aliphatic heterocycles. The third kappa shape index (κ3) is 4.94. The van der Waals surface area contributed by atoms with Gasteiger partial charge in [-0.05, 0) is 51.5 Å². The van der Waals surface area contributed by atoms with E-state index in [1.54, 1.807) is 35.7 Å². The highest BCUT2D eigenvalue weighted by Gasteiger charge is 2.35. The normalized spacial score (nSPS) is 22.9. The largest absolute Gasteiger partial charge is 0.494 e. The molecule has 1 aliphatic rings. The molecular formula is C18H30N2O4S. The van der Waals surface area contributed by atoms with E-state index in [0.717, 1.165) is 19.6 Å². The zero-order valence-corrected chi connectivity index (χ0v) is 16.5. The monoisotopic (exact) mass is 370 g/mol. The summed E-state index contributed by atoms with van der Waals surface area (Å²) in [6.07, 6.45) is 0.955. The summed E-state index contributed by atoms with van der Waals surface area (Å²) in [6.45, 7) is 9.30. The van der Waals surface area contributed by atoms with Crippen molar-refractivity contribution in [2.75, 3.05) is 40.0 Å². The number of hydrogen-bond donors (Lipinski definition) is 0. The first-order valence-corrected chi connectivity index (χ1v) is 10.3. The van der Waals surface area contributed by atoms with Crippen molar-refractivity contribution in [3.63, 3.8) is 0 Å². The average molecular weight is 371 g/mol. The highest BCUT2D eigenvalue weighted by atomic mass is 32.2. The fourth-order valence-electron chi connectivity index (χ4n) is 3.36. The summed E-state index contributed by atoms with van der Waals surface area (Å²) in [4.78, 5) is 2.69. The van der Waals surface area contributed by atoms with Crippen LogP contribution in [-0.2, 0) is 14.8 Å². The molecule has 7 heteroatoms.